The van der Waals surface area contributed by atoms with Gasteiger partial charge in [-0.2, -0.15) is 5.10 Å². The quantitative estimate of drug-likeness (QED) is 0.552. The highest BCUT2D eigenvalue weighted by atomic mass is 35.5. The number of hydrogen-bond acceptors (Lipinski definition) is 6. The molecular weight excluding hydrogens is 360 g/mol. The molecule has 25 heavy (non-hydrogen) atoms. The average Bonchev–Trinajstić information content (AvgIpc) is 3.21. The van der Waals surface area contributed by atoms with Crippen LogP contribution in [0, 0.1) is 0 Å². The van der Waals surface area contributed by atoms with Crippen molar-refractivity contribution in [3.05, 3.63) is 64.4 Å². The normalized spacial score (nSPS) is 11.1. The maximum atomic E-state index is 11.6. The first-order valence-electron chi connectivity index (χ1n) is 7.34. The molecule has 0 bridgehead atoms. The number of carbonyl (C=O) groups is 1. The van der Waals surface area contributed by atoms with Crippen molar-refractivity contribution in [1.82, 2.24) is 19.7 Å². The van der Waals surface area contributed by atoms with E-state index in [4.69, 9.17) is 11.6 Å². The van der Waals surface area contributed by atoms with Crippen LogP contribution >= 0.6 is 22.9 Å². The summed E-state index contributed by atoms with van der Waals surface area (Å²) in [6.07, 6.45) is 4.89. The number of hydrogen-bond donors (Lipinski definition) is 0. The van der Waals surface area contributed by atoms with E-state index < -0.39 is 5.97 Å². The summed E-state index contributed by atoms with van der Waals surface area (Å²) in [6, 6.07) is 8.80. The third-order valence-corrected chi connectivity index (χ3v) is 4.99. The van der Waals surface area contributed by atoms with Crippen molar-refractivity contribution in [2.45, 2.75) is 6.54 Å². The van der Waals surface area contributed by atoms with Crippen LogP contribution in [0.5, 0.6) is 0 Å². The Morgan fingerprint density at radius 1 is 1.24 bits per heavy atom. The van der Waals surface area contributed by atoms with Crippen LogP contribution < -0.4 is 5.11 Å². The molecule has 0 saturated carbocycles. The van der Waals surface area contributed by atoms with Gasteiger partial charge in [0.15, 0.2) is 5.65 Å². The summed E-state index contributed by atoms with van der Waals surface area (Å²) in [6.45, 7) is 0.458. The van der Waals surface area contributed by atoms with E-state index in [2.05, 4.69) is 15.1 Å². The van der Waals surface area contributed by atoms with Crippen molar-refractivity contribution in [3.63, 3.8) is 0 Å². The molecule has 0 atom stereocenters. The van der Waals surface area contributed by atoms with Crippen molar-refractivity contribution < 1.29 is 9.90 Å². The van der Waals surface area contributed by atoms with Crippen LogP contribution in [0.25, 0.3) is 21.6 Å². The Hall–Kier alpha value is -2.77. The lowest BCUT2D eigenvalue weighted by atomic mass is 10.1. The van der Waals surface area contributed by atoms with Crippen LogP contribution in [0.15, 0.2) is 48.9 Å². The van der Waals surface area contributed by atoms with Crippen molar-refractivity contribution in [3.8, 4) is 10.6 Å². The second-order valence-corrected chi connectivity index (χ2v) is 7.06. The molecule has 0 radical (unpaired) electrons. The molecule has 4 aromatic heterocycles. The van der Waals surface area contributed by atoms with Crippen LogP contribution in [0.4, 0.5) is 0 Å². The van der Waals surface area contributed by atoms with E-state index in [1.807, 2.05) is 18.2 Å². The molecule has 0 aliphatic rings. The number of rotatable bonds is 4. The summed E-state index contributed by atoms with van der Waals surface area (Å²) in [5, 5.41) is 16.3. The van der Waals surface area contributed by atoms with Crippen molar-refractivity contribution in [2.24, 2.45) is 0 Å². The molecule has 4 heterocycles. The van der Waals surface area contributed by atoms with E-state index >= 15 is 0 Å². The van der Waals surface area contributed by atoms with Gasteiger partial charge in [0, 0.05) is 23.3 Å². The van der Waals surface area contributed by atoms with Gasteiger partial charge in [0.25, 0.3) is 0 Å². The standard InChI is InChI=1S/C17H11ClN4O2S/c18-15-2-1-14(25-15)13-7-11(17(23)24)12-8-20-22(16(12)21-13)9-10-3-5-19-6-4-10/h1-8H,9H2,(H,23,24)/p-1. The molecular formula is C17H10ClN4O2S-. The van der Waals surface area contributed by atoms with E-state index in [0.29, 0.717) is 27.6 Å². The Labute approximate surface area is 151 Å². The number of aromatic carboxylic acids is 1. The zero-order chi connectivity index (χ0) is 17.4. The Morgan fingerprint density at radius 3 is 2.72 bits per heavy atom. The molecule has 4 aromatic rings. The molecule has 0 saturated heterocycles. The largest absolute Gasteiger partial charge is 0.545 e. The third-order valence-electron chi connectivity index (χ3n) is 3.74. The predicted octanol–water partition coefficient (Wildman–Crippen LogP) is 2.62. The van der Waals surface area contributed by atoms with E-state index in [0.717, 1.165) is 10.4 Å². The Morgan fingerprint density at radius 2 is 2.04 bits per heavy atom. The average molecular weight is 370 g/mol. The lowest BCUT2D eigenvalue weighted by molar-refractivity contribution is -0.254. The smallest absolute Gasteiger partial charge is 0.159 e. The van der Waals surface area contributed by atoms with Crippen LogP contribution in [0.2, 0.25) is 4.34 Å². The molecule has 0 aromatic carbocycles. The van der Waals surface area contributed by atoms with E-state index in [-0.39, 0.29) is 5.56 Å². The van der Waals surface area contributed by atoms with Gasteiger partial charge in [-0.3, -0.25) is 4.98 Å². The lowest BCUT2D eigenvalue weighted by Crippen LogP contribution is -2.22. The lowest BCUT2D eigenvalue weighted by Gasteiger charge is -2.08. The molecule has 0 fully saturated rings. The summed E-state index contributed by atoms with van der Waals surface area (Å²) in [7, 11) is 0. The van der Waals surface area contributed by atoms with Gasteiger partial charge < -0.3 is 9.90 Å². The minimum atomic E-state index is -1.26. The van der Waals surface area contributed by atoms with Gasteiger partial charge in [0.1, 0.15) is 0 Å². The molecule has 0 aliphatic carbocycles. The predicted molar refractivity (Wildman–Crippen MR) is 93.5 cm³/mol. The van der Waals surface area contributed by atoms with Crippen molar-refractivity contribution >= 4 is 39.9 Å². The number of carboxylic acid groups (broad SMARTS) is 1. The molecule has 0 unspecified atom stereocenters. The fourth-order valence-corrected chi connectivity index (χ4v) is 3.58. The molecule has 6 nitrogen and oxygen atoms in total. The number of nitrogens with zero attached hydrogens (tertiary/aromatic N) is 4. The maximum Gasteiger partial charge on any atom is 0.159 e. The summed E-state index contributed by atoms with van der Waals surface area (Å²) in [5.41, 5.74) is 2.06. The van der Waals surface area contributed by atoms with Gasteiger partial charge in [-0.25, -0.2) is 9.67 Å². The first-order chi connectivity index (χ1) is 12.1. The number of thiophene rings is 1. The van der Waals surface area contributed by atoms with E-state index in [9.17, 15) is 9.90 Å². The fraction of sp³-hybridized carbons (Fsp3) is 0.0588. The third kappa shape index (κ3) is 2.99. The fourth-order valence-electron chi connectivity index (χ4n) is 2.57. The SMILES string of the molecule is O=C([O-])c1cc(-c2ccc(Cl)s2)nc2c1cnn2Cc1ccncc1. The molecule has 0 spiro atoms. The Balaban J connectivity index is 1.88. The van der Waals surface area contributed by atoms with E-state index in [1.165, 1.54) is 23.6 Å². The Bertz CT molecular complexity index is 1070. The molecule has 0 aliphatic heterocycles. The number of fused-ring (bicyclic) bond motifs is 1. The number of carbonyl (C=O) groups excluding carboxylic acids is 1. The van der Waals surface area contributed by atoms with Gasteiger partial charge in [-0.15, -0.1) is 11.3 Å². The zero-order valence-corrected chi connectivity index (χ0v) is 14.3. The number of pyridine rings is 2. The highest BCUT2D eigenvalue weighted by Crippen LogP contribution is 2.32. The first kappa shape index (κ1) is 15.7. The second kappa shape index (κ2) is 6.27. The zero-order valence-electron chi connectivity index (χ0n) is 12.7. The highest BCUT2D eigenvalue weighted by molar-refractivity contribution is 7.19. The summed E-state index contributed by atoms with van der Waals surface area (Å²) in [5.74, 6) is -1.26. The van der Waals surface area contributed by atoms with Crippen LogP contribution in [0.1, 0.15) is 15.9 Å². The monoisotopic (exact) mass is 369 g/mol. The molecule has 8 heteroatoms. The van der Waals surface area contributed by atoms with Gasteiger partial charge in [-0.1, -0.05) is 11.6 Å². The van der Waals surface area contributed by atoms with Gasteiger partial charge in [-0.05, 0) is 35.9 Å². The Kier molecular flexibility index (Phi) is 3.95. The second-order valence-electron chi connectivity index (χ2n) is 5.34. The number of aromatic nitrogens is 4. The minimum Gasteiger partial charge on any atom is -0.545 e. The maximum absolute atomic E-state index is 11.6. The number of halogens is 1. The van der Waals surface area contributed by atoms with E-state index in [1.54, 1.807) is 23.1 Å². The number of carboxylic acids is 1. The highest BCUT2D eigenvalue weighted by Gasteiger charge is 2.14. The molecule has 0 amide bonds. The molecule has 0 N–H and O–H groups in total. The van der Waals surface area contributed by atoms with Gasteiger partial charge >= 0.3 is 0 Å². The summed E-state index contributed by atoms with van der Waals surface area (Å²) in [4.78, 5) is 20.9. The molecule has 4 rings (SSSR count). The van der Waals surface area contributed by atoms with Gasteiger partial charge in [0.05, 0.1) is 33.6 Å². The van der Waals surface area contributed by atoms with Crippen LogP contribution in [0.3, 0.4) is 0 Å². The summed E-state index contributed by atoms with van der Waals surface area (Å²) >= 11 is 7.32. The molecule has 124 valence electrons. The van der Waals surface area contributed by atoms with Crippen LogP contribution in [-0.4, -0.2) is 25.7 Å². The summed E-state index contributed by atoms with van der Waals surface area (Å²) < 4.78 is 2.27. The first-order valence-corrected chi connectivity index (χ1v) is 8.54. The minimum absolute atomic E-state index is 0.0606. The van der Waals surface area contributed by atoms with Crippen molar-refractivity contribution in [1.29, 1.82) is 0 Å². The topological polar surface area (TPSA) is 83.7 Å². The van der Waals surface area contributed by atoms with Crippen LogP contribution in [-0.2, 0) is 6.54 Å². The van der Waals surface area contributed by atoms with Gasteiger partial charge in [0.2, 0.25) is 0 Å². The van der Waals surface area contributed by atoms with Crippen molar-refractivity contribution in [2.75, 3.05) is 0 Å².